The van der Waals surface area contributed by atoms with Gasteiger partial charge in [-0.15, -0.1) is 0 Å². The molecule has 3 heterocycles. The van der Waals surface area contributed by atoms with Crippen LogP contribution in [0.15, 0.2) is 46.2 Å². The molecule has 0 spiro atoms. The Hall–Kier alpha value is -3.45. The molecular weight excluding hydrogens is 479 g/mol. The van der Waals surface area contributed by atoms with Crippen molar-refractivity contribution >= 4 is 27.7 Å². The van der Waals surface area contributed by atoms with Crippen LogP contribution in [-0.2, 0) is 35.0 Å². The molecular formula is C22H24FN6O5S+. The molecule has 0 saturated heterocycles. The van der Waals surface area contributed by atoms with Crippen LogP contribution >= 0.6 is 0 Å². The molecule has 3 aliphatic rings. The molecule has 35 heavy (non-hydrogen) atoms. The van der Waals surface area contributed by atoms with Crippen LogP contribution in [0, 0.1) is 12.8 Å². The molecule has 1 atom stereocenters. The van der Waals surface area contributed by atoms with E-state index in [1.807, 2.05) is 0 Å². The average Bonchev–Trinajstić information content (AvgIpc) is 3.27. The Bertz CT molecular complexity index is 1420. The lowest BCUT2D eigenvalue weighted by Gasteiger charge is -2.27. The summed E-state index contributed by atoms with van der Waals surface area (Å²) in [4.78, 5) is 27.9. The van der Waals surface area contributed by atoms with E-state index in [2.05, 4.69) is 15.0 Å². The molecule has 184 valence electrons. The van der Waals surface area contributed by atoms with Gasteiger partial charge in [-0.3, -0.25) is 4.68 Å². The summed E-state index contributed by atoms with van der Waals surface area (Å²) in [6.45, 7) is 0.961. The maximum Gasteiger partial charge on any atom is 0.501 e. The van der Waals surface area contributed by atoms with E-state index in [0.717, 1.165) is 4.90 Å². The summed E-state index contributed by atoms with van der Waals surface area (Å²) < 4.78 is 49.8. The molecule has 3 amide bonds. The lowest BCUT2D eigenvalue weighted by molar-refractivity contribution is -0.456. The lowest BCUT2D eigenvalue weighted by atomic mass is 9.94. The van der Waals surface area contributed by atoms with Crippen molar-refractivity contribution < 1.29 is 31.5 Å². The number of rotatable bonds is 8. The zero-order valence-electron chi connectivity index (χ0n) is 19.1. The van der Waals surface area contributed by atoms with E-state index >= 15 is 0 Å². The minimum atomic E-state index is -4.07. The number of aromatic nitrogens is 3. The summed E-state index contributed by atoms with van der Waals surface area (Å²) in [5, 5.41) is 7.84. The average molecular weight is 504 g/mol. The number of hydrogen-bond donors (Lipinski definition) is 1. The Morgan fingerprint density at radius 2 is 2.06 bits per heavy atom. The number of nitrogens with one attached hydrogen (secondary N) is 1. The predicted octanol–water partition coefficient (Wildman–Crippen LogP) is 1.32. The largest absolute Gasteiger partial charge is 0.501 e. The molecule has 13 heteroatoms. The Morgan fingerprint density at radius 3 is 2.66 bits per heavy atom. The van der Waals surface area contributed by atoms with Gasteiger partial charge in [0.15, 0.2) is 0 Å². The smallest absolute Gasteiger partial charge is 0.361 e. The molecule has 5 rings (SSSR count). The lowest BCUT2D eigenvalue weighted by Crippen LogP contribution is -2.54. The summed E-state index contributed by atoms with van der Waals surface area (Å²) in [5.41, 5.74) is 0.557. The van der Waals surface area contributed by atoms with Crippen molar-refractivity contribution in [2.45, 2.75) is 38.4 Å². The minimum Gasteiger partial charge on any atom is -0.361 e. The fourth-order valence-corrected chi connectivity index (χ4v) is 5.68. The number of hydrogen-bond acceptors (Lipinski definition) is 7. The number of imide groups is 1. The maximum atomic E-state index is 13.5. The van der Waals surface area contributed by atoms with E-state index in [-0.39, 0.29) is 18.0 Å². The predicted molar refractivity (Wildman–Crippen MR) is 120 cm³/mol. The molecule has 0 radical (unpaired) electrons. The topological polar surface area (TPSA) is 130 Å². The van der Waals surface area contributed by atoms with Gasteiger partial charge in [0.25, 0.3) is 0 Å². The molecule has 11 nitrogen and oxygen atoms in total. The van der Waals surface area contributed by atoms with Crippen molar-refractivity contribution in [1.82, 2.24) is 24.6 Å². The van der Waals surface area contributed by atoms with Crippen molar-refractivity contribution in [2.75, 3.05) is 6.67 Å². The number of carbonyl (C=O) groups is 2. The highest BCUT2D eigenvalue weighted by Crippen LogP contribution is 2.38. The van der Waals surface area contributed by atoms with Gasteiger partial charge in [0.05, 0.1) is 28.4 Å². The van der Waals surface area contributed by atoms with Crippen LogP contribution in [0.3, 0.4) is 0 Å². The van der Waals surface area contributed by atoms with Crippen LogP contribution in [0.1, 0.15) is 29.7 Å². The molecule has 1 fully saturated rings. The molecule has 2 aromatic rings. The fraction of sp³-hybridized carbons (Fsp3) is 0.409. The monoisotopic (exact) mass is 503 g/mol. The zero-order valence-corrected chi connectivity index (χ0v) is 20.0. The van der Waals surface area contributed by atoms with E-state index in [9.17, 15) is 22.4 Å². The molecule has 1 aliphatic heterocycles. The van der Waals surface area contributed by atoms with Crippen LogP contribution in [0.2, 0.25) is 0 Å². The number of nitrogens with zero attached hydrogens (tertiary/aromatic N) is 5. The van der Waals surface area contributed by atoms with Crippen LogP contribution < -0.4 is 4.72 Å². The van der Waals surface area contributed by atoms with Gasteiger partial charge in [-0.1, -0.05) is 5.16 Å². The maximum absolute atomic E-state index is 13.5. The highest BCUT2D eigenvalue weighted by atomic mass is 32.2. The number of halogens is 1. The van der Waals surface area contributed by atoms with Crippen LogP contribution in [-0.4, -0.2) is 62.7 Å². The Kier molecular flexibility index (Phi) is 5.55. The number of allylic oxidation sites excluding steroid dienone is 2. The molecule has 2 aromatic heterocycles. The van der Waals surface area contributed by atoms with Gasteiger partial charge >= 0.3 is 11.9 Å². The van der Waals surface area contributed by atoms with E-state index in [1.165, 1.54) is 29.0 Å². The second-order valence-corrected chi connectivity index (χ2v) is 10.7. The number of alkyl halides is 1. The first-order valence-corrected chi connectivity index (χ1v) is 12.5. The second kappa shape index (κ2) is 8.34. The minimum absolute atomic E-state index is 0.0305. The number of fused-ring (bicyclic) bond motifs is 1. The first-order chi connectivity index (χ1) is 16.6. The van der Waals surface area contributed by atoms with E-state index in [4.69, 9.17) is 4.52 Å². The van der Waals surface area contributed by atoms with E-state index < -0.39 is 40.1 Å². The number of amides is 3. The van der Waals surface area contributed by atoms with Crippen molar-refractivity contribution in [3.05, 3.63) is 58.6 Å². The second-order valence-electron chi connectivity index (χ2n) is 9.05. The number of sulfonamides is 1. The first-order valence-electron chi connectivity index (χ1n) is 11.0. The van der Waals surface area contributed by atoms with Gasteiger partial charge in [-0.25, -0.2) is 22.3 Å². The number of carbonyl (C=O) groups excluding carboxylic acids is 2. The number of urea groups is 1. The summed E-state index contributed by atoms with van der Waals surface area (Å²) in [6.07, 6.45) is 9.66. The van der Waals surface area contributed by atoms with Crippen LogP contribution in [0.4, 0.5) is 9.18 Å². The molecule has 2 aliphatic carbocycles. The van der Waals surface area contributed by atoms with Crippen molar-refractivity contribution in [3.63, 3.8) is 0 Å². The summed E-state index contributed by atoms with van der Waals surface area (Å²) in [7, 11) is -2.35. The van der Waals surface area contributed by atoms with Crippen molar-refractivity contribution in [2.24, 2.45) is 13.0 Å². The Balaban J connectivity index is 1.54. The Labute approximate surface area is 200 Å². The quantitative estimate of drug-likeness (QED) is 0.538. The highest BCUT2D eigenvalue weighted by molar-refractivity contribution is 7.93. The standard InChI is InChI=1S/C22H24FN6O5S/c1-14-16(9-25-34-14)12-28-19-4-3-17(35(32,33)26-22(13-23)5-6-22)7-18(19)20(30)29(21(28)31)11-15-8-24-27(2)10-15/h3-4,7-10,18,26H,5-6,11-13H2,1-2H3/q+1. The molecule has 1 N–H and O–H groups in total. The van der Waals surface area contributed by atoms with Crippen LogP contribution in [0.25, 0.3) is 0 Å². The van der Waals surface area contributed by atoms with Crippen LogP contribution in [0.5, 0.6) is 0 Å². The molecule has 1 saturated carbocycles. The number of aryl methyl sites for hydroxylation is 2. The van der Waals surface area contributed by atoms with Gasteiger partial charge in [-0.2, -0.15) is 19.4 Å². The fourth-order valence-electron chi connectivity index (χ4n) is 4.17. The van der Waals surface area contributed by atoms with E-state index in [1.54, 1.807) is 31.0 Å². The normalized spacial score (nSPS) is 21.4. The van der Waals surface area contributed by atoms with Gasteiger partial charge in [0.1, 0.15) is 37.2 Å². The first kappa shape index (κ1) is 23.3. The Morgan fingerprint density at radius 1 is 1.29 bits per heavy atom. The van der Waals surface area contributed by atoms with Gasteiger partial charge in [0.2, 0.25) is 10.0 Å². The molecule has 1 unspecified atom stereocenters. The summed E-state index contributed by atoms with van der Waals surface area (Å²) in [5.74, 6) is -1.06. The van der Waals surface area contributed by atoms with Gasteiger partial charge in [-0.05, 0) is 38.0 Å². The molecule has 0 bridgehead atoms. The summed E-state index contributed by atoms with van der Waals surface area (Å²) >= 11 is 0. The van der Waals surface area contributed by atoms with Crippen molar-refractivity contribution in [1.29, 1.82) is 0 Å². The summed E-state index contributed by atoms with van der Waals surface area (Å²) in [6, 6.07) is -0.553. The zero-order chi connectivity index (χ0) is 25.0. The highest BCUT2D eigenvalue weighted by Gasteiger charge is 2.50. The van der Waals surface area contributed by atoms with Crippen molar-refractivity contribution in [3.8, 4) is 0 Å². The van der Waals surface area contributed by atoms with Gasteiger partial charge < -0.3 is 4.52 Å². The third-order valence-corrected chi connectivity index (χ3v) is 8.02. The van der Waals surface area contributed by atoms with Gasteiger partial charge in [0, 0.05) is 18.8 Å². The van der Waals surface area contributed by atoms with E-state index in [0.29, 0.717) is 35.4 Å². The molecule has 0 aromatic carbocycles. The third-order valence-electron chi connectivity index (χ3n) is 6.42. The third kappa shape index (κ3) is 4.25. The SMILES string of the molecule is Cc1oncc1C[N+]1=C2C=CC(S(=O)(=O)NC3(CF)CC3)=CC2C(=O)N(Cc2cnn(C)c2)C1=O.